The van der Waals surface area contributed by atoms with Crippen LogP contribution in [0.1, 0.15) is 44.6 Å². The second kappa shape index (κ2) is 6.31. The molecule has 19 heavy (non-hydrogen) atoms. The van der Waals surface area contributed by atoms with Gasteiger partial charge in [-0.05, 0) is 27.2 Å². The summed E-state index contributed by atoms with van der Waals surface area (Å²) >= 11 is 0. The van der Waals surface area contributed by atoms with Crippen molar-refractivity contribution in [2.75, 3.05) is 6.54 Å². The van der Waals surface area contributed by atoms with Crippen LogP contribution in [0.4, 0.5) is 0 Å². The Morgan fingerprint density at radius 2 is 2.21 bits per heavy atom. The van der Waals surface area contributed by atoms with Crippen LogP contribution in [0.3, 0.4) is 0 Å². The van der Waals surface area contributed by atoms with Gasteiger partial charge in [0, 0.05) is 6.54 Å². The normalized spacial score (nSPS) is 12.3. The Bertz CT molecular complexity index is 480. The van der Waals surface area contributed by atoms with Crippen molar-refractivity contribution in [1.29, 1.82) is 0 Å². The highest BCUT2D eigenvalue weighted by atomic mass is 16.2. The maximum Gasteiger partial charge on any atom is 0.273 e. The third-order valence-corrected chi connectivity index (χ3v) is 2.70. The smallest absolute Gasteiger partial charge is 0.273 e. The van der Waals surface area contributed by atoms with Crippen molar-refractivity contribution < 1.29 is 4.79 Å². The lowest BCUT2D eigenvalue weighted by molar-refractivity contribution is 0.0951. The molecule has 1 N–H and O–H groups in total. The van der Waals surface area contributed by atoms with Gasteiger partial charge in [0.1, 0.15) is 0 Å². The fourth-order valence-electron chi connectivity index (χ4n) is 1.45. The molecule has 1 aromatic heterocycles. The summed E-state index contributed by atoms with van der Waals surface area (Å²) in [7, 11) is 0. The third-order valence-electron chi connectivity index (χ3n) is 2.70. The van der Waals surface area contributed by atoms with Crippen LogP contribution in [0.25, 0.3) is 0 Å². The maximum absolute atomic E-state index is 11.9. The predicted molar refractivity (Wildman–Crippen MR) is 75.9 cm³/mol. The number of carbonyl (C=O) groups excluding carboxylic acids is 1. The summed E-state index contributed by atoms with van der Waals surface area (Å²) < 4.78 is 1.68. The van der Waals surface area contributed by atoms with Gasteiger partial charge in [-0.15, -0.1) is 5.10 Å². The second-order valence-corrected chi connectivity index (χ2v) is 5.32. The fraction of sp³-hybridized carbons (Fsp3) is 0.500. The maximum atomic E-state index is 11.9. The first kappa shape index (κ1) is 15.1. The fourth-order valence-corrected chi connectivity index (χ4v) is 1.45. The number of carbonyl (C=O) groups is 1. The highest BCUT2D eigenvalue weighted by molar-refractivity contribution is 5.91. The molecule has 1 aromatic rings. The molecule has 104 valence electrons. The van der Waals surface area contributed by atoms with Crippen molar-refractivity contribution in [1.82, 2.24) is 20.3 Å². The highest BCUT2D eigenvalue weighted by Crippen LogP contribution is 2.11. The van der Waals surface area contributed by atoms with Crippen molar-refractivity contribution in [3.05, 3.63) is 36.2 Å². The van der Waals surface area contributed by atoms with Gasteiger partial charge in [0.2, 0.25) is 0 Å². The molecular weight excluding hydrogens is 240 g/mol. The average Bonchev–Trinajstić information content (AvgIpc) is 2.83. The summed E-state index contributed by atoms with van der Waals surface area (Å²) in [5, 5.41) is 10.7. The molecule has 0 atom stereocenters. The zero-order chi connectivity index (χ0) is 14.5. The van der Waals surface area contributed by atoms with E-state index in [0.717, 1.165) is 12.0 Å². The average molecular weight is 262 g/mol. The van der Waals surface area contributed by atoms with E-state index in [9.17, 15) is 4.79 Å². The Kier molecular flexibility index (Phi) is 5.03. The summed E-state index contributed by atoms with van der Waals surface area (Å²) in [5.41, 5.74) is 1.28. The minimum absolute atomic E-state index is 0.178. The van der Waals surface area contributed by atoms with E-state index < -0.39 is 0 Å². The van der Waals surface area contributed by atoms with E-state index >= 15 is 0 Å². The number of rotatable bonds is 5. The van der Waals surface area contributed by atoms with Crippen molar-refractivity contribution in [3.8, 4) is 0 Å². The van der Waals surface area contributed by atoms with E-state index in [-0.39, 0.29) is 11.4 Å². The molecule has 0 radical (unpaired) electrons. The molecule has 0 aliphatic rings. The zero-order valence-electron chi connectivity index (χ0n) is 12.1. The number of hydrogen-bond acceptors (Lipinski definition) is 3. The molecule has 0 spiro atoms. The molecule has 0 aliphatic carbocycles. The number of hydrogen-bond donors (Lipinski definition) is 1. The van der Waals surface area contributed by atoms with E-state index in [1.54, 1.807) is 17.0 Å². The Morgan fingerprint density at radius 1 is 1.53 bits per heavy atom. The number of amides is 1. The standard InChI is InChI=1S/C14H22N4O/c1-6-8-11(7-2)9-15-13(19)12-10-18(17-16-12)14(3,4)5/h6,8,10H,1,7,9H2,2-5H3,(H,15,19)/b11-8+. The lowest BCUT2D eigenvalue weighted by Gasteiger charge is -2.17. The summed E-state index contributed by atoms with van der Waals surface area (Å²) in [6.45, 7) is 12.2. The van der Waals surface area contributed by atoms with E-state index in [1.165, 1.54) is 0 Å². The van der Waals surface area contributed by atoms with Gasteiger partial charge in [0.15, 0.2) is 5.69 Å². The minimum Gasteiger partial charge on any atom is -0.347 e. The van der Waals surface area contributed by atoms with E-state index in [0.29, 0.717) is 12.2 Å². The quantitative estimate of drug-likeness (QED) is 0.828. The van der Waals surface area contributed by atoms with Crippen LogP contribution in [-0.4, -0.2) is 27.4 Å². The van der Waals surface area contributed by atoms with Gasteiger partial charge in [-0.3, -0.25) is 4.79 Å². The molecule has 0 fully saturated rings. The molecule has 5 heteroatoms. The molecule has 1 heterocycles. The van der Waals surface area contributed by atoms with E-state index in [1.807, 2.05) is 33.8 Å². The predicted octanol–water partition coefficient (Wildman–Crippen LogP) is 2.29. The molecule has 0 saturated heterocycles. The van der Waals surface area contributed by atoms with Gasteiger partial charge in [-0.25, -0.2) is 4.68 Å². The highest BCUT2D eigenvalue weighted by Gasteiger charge is 2.18. The second-order valence-electron chi connectivity index (χ2n) is 5.32. The Hall–Kier alpha value is -1.91. The monoisotopic (exact) mass is 262 g/mol. The first-order valence-electron chi connectivity index (χ1n) is 6.40. The first-order valence-corrected chi connectivity index (χ1v) is 6.40. The Balaban J connectivity index is 2.66. The van der Waals surface area contributed by atoms with Crippen LogP contribution in [0.2, 0.25) is 0 Å². The van der Waals surface area contributed by atoms with Crippen LogP contribution in [0.5, 0.6) is 0 Å². The number of aromatic nitrogens is 3. The van der Waals surface area contributed by atoms with Crippen LogP contribution in [0, 0.1) is 0 Å². The van der Waals surface area contributed by atoms with Crippen LogP contribution >= 0.6 is 0 Å². The van der Waals surface area contributed by atoms with Gasteiger partial charge in [-0.1, -0.05) is 36.4 Å². The van der Waals surface area contributed by atoms with E-state index in [4.69, 9.17) is 0 Å². The van der Waals surface area contributed by atoms with Crippen LogP contribution < -0.4 is 5.32 Å². The molecule has 0 unspecified atom stereocenters. The van der Waals surface area contributed by atoms with Gasteiger partial charge in [-0.2, -0.15) is 0 Å². The van der Waals surface area contributed by atoms with Gasteiger partial charge < -0.3 is 5.32 Å². The topological polar surface area (TPSA) is 59.8 Å². The van der Waals surface area contributed by atoms with Gasteiger partial charge in [0.05, 0.1) is 11.7 Å². The minimum atomic E-state index is -0.209. The SMILES string of the molecule is C=C/C=C(\CC)CNC(=O)c1cn(C(C)(C)C)nn1. The summed E-state index contributed by atoms with van der Waals surface area (Å²) in [5.74, 6) is -0.209. The van der Waals surface area contributed by atoms with E-state index in [2.05, 4.69) is 22.2 Å². The van der Waals surface area contributed by atoms with Crippen molar-refractivity contribution in [2.45, 2.75) is 39.7 Å². The molecule has 1 rings (SSSR count). The molecule has 0 bridgehead atoms. The lowest BCUT2D eigenvalue weighted by atomic mass is 10.1. The lowest BCUT2D eigenvalue weighted by Crippen LogP contribution is -2.26. The van der Waals surface area contributed by atoms with Crippen LogP contribution in [-0.2, 0) is 5.54 Å². The summed E-state index contributed by atoms with van der Waals surface area (Å²) in [4.78, 5) is 11.9. The van der Waals surface area contributed by atoms with Crippen molar-refractivity contribution in [2.24, 2.45) is 0 Å². The Labute approximate surface area is 114 Å². The van der Waals surface area contributed by atoms with Crippen molar-refractivity contribution in [3.63, 3.8) is 0 Å². The largest absolute Gasteiger partial charge is 0.347 e. The molecule has 0 aliphatic heterocycles. The third kappa shape index (κ3) is 4.35. The molecular formula is C14H22N4O. The van der Waals surface area contributed by atoms with Gasteiger partial charge in [0.25, 0.3) is 5.91 Å². The number of nitrogens with zero attached hydrogens (tertiary/aromatic N) is 3. The first-order chi connectivity index (χ1) is 8.88. The summed E-state index contributed by atoms with van der Waals surface area (Å²) in [6.07, 6.45) is 6.17. The summed E-state index contributed by atoms with van der Waals surface area (Å²) in [6, 6.07) is 0. The number of nitrogens with one attached hydrogen (secondary N) is 1. The molecule has 0 saturated carbocycles. The zero-order valence-corrected chi connectivity index (χ0v) is 12.1. The van der Waals surface area contributed by atoms with Crippen LogP contribution in [0.15, 0.2) is 30.5 Å². The van der Waals surface area contributed by atoms with Crippen molar-refractivity contribution >= 4 is 5.91 Å². The molecule has 1 amide bonds. The number of allylic oxidation sites excluding steroid dienone is 2. The molecule has 5 nitrogen and oxygen atoms in total. The molecule has 0 aromatic carbocycles. The van der Waals surface area contributed by atoms with Gasteiger partial charge >= 0.3 is 0 Å². The Morgan fingerprint density at radius 3 is 2.68 bits per heavy atom.